The predicted molar refractivity (Wildman–Crippen MR) is 68.5 cm³/mol. The van der Waals surface area contributed by atoms with Crippen molar-refractivity contribution in [1.29, 1.82) is 0 Å². The molecule has 1 aliphatic rings. The molecule has 0 aromatic carbocycles. The van der Waals surface area contributed by atoms with Gasteiger partial charge in [0.15, 0.2) is 0 Å². The van der Waals surface area contributed by atoms with Crippen LogP contribution >= 0.6 is 11.6 Å². The van der Waals surface area contributed by atoms with Crippen LogP contribution in [0.4, 0.5) is 5.82 Å². The van der Waals surface area contributed by atoms with E-state index < -0.39 is 0 Å². The van der Waals surface area contributed by atoms with Crippen LogP contribution < -0.4 is 4.90 Å². The Bertz CT molecular complexity index is 441. The van der Waals surface area contributed by atoms with Gasteiger partial charge in [0.25, 0.3) is 0 Å². The monoisotopic (exact) mass is 269 g/mol. The van der Waals surface area contributed by atoms with Crippen molar-refractivity contribution >= 4 is 23.4 Å². The van der Waals surface area contributed by atoms with E-state index in [0.29, 0.717) is 12.5 Å². The van der Waals surface area contributed by atoms with Crippen LogP contribution in [0, 0.1) is 11.8 Å². The number of methoxy groups -OCH3 is 1. The first-order valence-electron chi connectivity index (χ1n) is 5.91. The van der Waals surface area contributed by atoms with Crippen molar-refractivity contribution in [3.05, 3.63) is 17.5 Å². The standard InChI is InChI=1S/C12H16ClN3O2/c1-8-5-9(11(17)18-2)7-16(6-8)10-3-4-14-12(13)15-10/h3-4,8-9H,5-7H2,1-2H3. The van der Waals surface area contributed by atoms with Gasteiger partial charge in [-0.2, -0.15) is 0 Å². The van der Waals surface area contributed by atoms with Crippen LogP contribution in [0.25, 0.3) is 0 Å². The number of esters is 1. The van der Waals surface area contributed by atoms with Crippen LogP contribution in [-0.2, 0) is 9.53 Å². The molecular weight excluding hydrogens is 254 g/mol. The van der Waals surface area contributed by atoms with Gasteiger partial charge >= 0.3 is 5.97 Å². The largest absolute Gasteiger partial charge is 0.469 e. The second-order valence-electron chi connectivity index (χ2n) is 4.65. The third kappa shape index (κ3) is 2.90. The number of hydrogen-bond donors (Lipinski definition) is 0. The van der Waals surface area contributed by atoms with Crippen molar-refractivity contribution < 1.29 is 9.53 Å². The van der Waals surface area contributed by atoms with E-state index in [9.17, 15) is 4.79 Å². The van der Waals surface area contributed by atoms with Gasteiger partial charge in [-0.3, -0.25) is 4.79 Å². The van der Waals surface area contributed by atoms with E-state index in [0.717, 1.165) is 18.8 Å². The quantitative estimate of drug-likeness (QED) is 0.605. The van der Waals surface area contributed by atoms with Gasteiger partial charge in [-0.15, -0.1) is 0 Å². The molecule has 0 N–H and O–H groups in total. The molecule has 2 unspecified atom stereocenters. The average Bonchev–Trinajstić information content (AvgIpc) is 2.37. The molecule has 0 radical (unpaired) electrons. The van der Waals surface area contributed by atoms with Crippen LogP contribution in [0.15, 0.2) is 12.3 Å². The average molecular weight is 270 g/mol. The topological polar surface area (TPSA) is 55.3 Å². The zero-order chi connectivity index (χ0) is 13.1. The van der Waals surface area contributed by atoms with Crippen LogP contribution in [0.5, 0.6) is 0 Å². The number of carbonyl (C=O) groups is 1. The lowest BCUT2D eigenvalue weighted by atomic mass is 9.90. The van der Waals surface area contributed by atoms with Gasteiger partial charge in [-0.25, -0.2) is 9.97 Å². The number of aromatic nitrogens is 2. The van der Waals surface area contributed by atoms with Crippen LogP contribution in [0.2, 0.25) is 5.28 Å². The van der Waals surface area contributed by atoms with E-state index in [1.165, 1.54) is 7.11 Å². The highest BCUT2D eigenvalue weighted by molar-refractivity contribution is 6.28. The van der Waals surface area contributed by atoms with Gasteiger partial charge in [-0.1, -0.05) is 6.92 Å². The molecule has 5 nitrogen and oxygen atoms in total. The predicted octanol–water partition coefficient (Wildman–Crippen LogP) is 1.77. The summed E-state index contributed by atoms with van der Waals surface area (Å²) in [6.07, 6.45) is 2.47. The zero-order valence-electron chi connectivity index (χ0n) is 10.5. The Balaban J connectivity index is 2.15. The summed E-state index contributed by atoms with van der Waals surface area (Å²) >= 11 is 5.79. The van der Waals surface area contributed by atoms with Gasteiger partial charge in [0.2, 0.25) is 5.28 Å². The summed E-state index contributed by atoms with van der Waals surface area (Å²) in [4.78, 5) is 21.7. The van der Waals surface area contributed by atoms with E-state index in [1.807, 2.05) is 0 Å². The molecule has 1 aromatic heterocycles. The minimum absolute atomic E-state index is 0.104. The van der Waals surface area contributed by atoms with E-state index in [-0.39, 0.29) is 17.2 Å². The molecule has 1 saturated heterocycles. The van der Waals surface area contributed by atoms with E-state index >= 15 is 0 Å². The molecule has 1 fully saturated rings. The maximum atomic E-state index is 11.6. The molecule has 0 amide bonds. The molecule has 2 rings (SSSR count). The Hall–Kier alpha value is -1.36. The molecule has 0 saturated carbocycles. The van der Waals surface area contributed by atoms with Crippen molar-refractivity contribution in [2.45, 2.75) is 13.3 Å². The van der Waals surface area contributed by atoms with Gasteiger partial charge in [0.05, 0.1) is 13.0 Å². The first-order chi connectivity index (χ1) is 8.60. The molecule has 0 aliphatic carbocycles. The lowest BCUT2D eigenvalue weighted by Gasteiger charge is -2.35. The van der Waals surface area contributed by atoms with Gasteiger partial charge in [0.1, 0.15) is 5.82 Å². The van der Waals surface area contributed by atoms with Crippen molar-refractivity contribution in [2.24, 2.45) is 11.8 Å². The maximum absolute atomic E-state index is 11.6. The molecule has 0 spiro atoms. The first kappa shape index (κ1) is 13.1. The molecule has 1 aliphatic heterocycles. The number of halogens is 1. The fourth-order valence-electron chi connectivity index (χ4n) is 2.38. The maximum Gasteiger partial charge on any atom is 0.310 e. The Kier molecular flexibility index (Phi) is 4.01. The molecular formula is C12H16ClN3O2. The van der Waals surface area contributed by atoms with Crippen molar-refractivity contribution in [2.75, 3.05) is 25.1 Å². The highest BCUT2D eigenvalue weighted by atomic mass is 35.5. The molecule has 0 bridgehead atoms. The Morgan fingerprint density at radius 2 is 2.33 bits per heavy atom. The molecule has 2 heterocycles. The smallest absolute Gasteiger partial charge is 0.310 e. The van der Waals surface area contributed by atoms with Crippen LogP contribution in [0.3, 0.4) is 0 Å². The fourth-order valence-corrected chi connectivity index (χ4v) is 2.52. The summed E-state index contributed by atoms with van der Waals surface area (Å²) < 4.78 is 4.82. The highest BCUT2D eigenvalue weighted by Gasteiger charge is 2.30. The minimum atomic E-state index is -0.160. The molecule has 98 valence electrons. The number of ether oxygens (including phenoxy) is 1. The number of anilines is 1. The Morgan fingerprint density at radius 3 is 3.00 bits per heavy atom. The summed E-state index contributed by atoms with van der Waals surface area (Å²) in [5, 5.41) is 0.223. The SMILES string of the molecule is COC(=O)C1CC(C)CN(c2ccnc(Cl)n2)C1. The summed E-state index contributed by atoms with van der Waals surface area (Å²) in [5.41, 5.74) is 0. The normalized spacial score (nSPS) is 23.8. The lowest BCUT2D eigenvalue weighted by molar-refractivity contribution is -0.146. The van der Waals surface area contributed by atoms with E-state index in [4.69, 9.17) is 16.3 Å². The molecule has 2 atom stereocenters. The van der Waals surface area contributed by atoms with Gasteiger partial charge in [0, 0.05) is 19.3 Å². The lowest BCUT2D eigenvalue weighted by Crippen LogP contribution is -2.43. The Labute approximate surface area is 111 Å². The third-order valence-corrected chi connectivity index (χ3v) is 3.31. The summed E-state index contributed by atoms with van der Waals surface area (Å²) in [7, 11) is 1.42. The second-order valence-corrected chi connectivity index (χ2v) is 4.99. The second kappa shape index (κ2) is 5.52. The number of carbonyl (C=O) groups excluding carboxylic acids is 1. The van der Waals surface area contributed by atoms with Crippen molar-refractivity contribution in [3.8, 4) is 0 Å². The first-order valence-corrected chi connectivity index (χ1v) is 6.29. The van der Waals surface area contributed by atoms with Crippen molar-refractivity contribution in [1.82, 2.24) is 9.97 Å². The fraction of sp³-hybridized carbons (Fsp3) is 0.583. The number of piperidine rings is 1. The minimum Gasteiger partial charge on any atom is -0.469 e. The van der Waals surface area contributed by atoms with E-state index in [1.54, 1.807) is 12.3 Å². The molecule has 6 heteroatoms. The summed E-state index contributed by atoms with van der Waals surface area (Å²) in [5.74, 6) is 0.909. The highest BCUT2D eigenvalue weighted by Crippen LogP contribution is 2.26. The number of rotatable bonds is 2. The zero-order valence-corrected chi connectivity index (χ0v) is 11.2. The summed E-state index contributed by atoms with van der Waals surface area (Å²) in [6.45, 7) is 3.59. The number of nitrogens with zero attached hydrogens (tertiary/aromatic N) is 3. The third-order valence-electron chi connectivity index (χ3n) is 3.13. The van der Waals surface area contributed by atoms with Crippen LogP contribution in [0.1, 0.15) is 13.3 Å². The van der Waals surface area contributed by atoms with Crippen molar-refractivity contribution in [3.63, 3.8) is 0 Å². The molecule has 1 aromatic rings. The molecule has 18 heavy (non-hydrogen) atoms. The van der Waals surface area contributed by atoms with Crippen LogP contribution in [-0.4, -0.2) is 36.1 Å². The van der Waals surface area contributed by atoms with Gasteiger partial charge < -0.3 is 9.64 Å². The number of hydrogen-bond acceptors (Lipinski definition) is 5. The van der Waals surface area contributed by atoms with E-state index in [2.05, 4.69) is 21.8 Å². The van der Waals surface area contributed by atoms with Gasteiger partial charge in [-0.05, 0) is 30.0 Å². The Morgan fingerprint density at radius 1 is 1.56 bits per heavy atom. The summed E-state index contributed by atoms with van der Waals surface area (Å²) in [6, 6.07) is 1.80.